The number of fused-ring (bicyclic) bond motifs is 1. The molecule has 0 radical (unpaired) electrons. The van der Waals surface area contributed by atoms with Crippen LogP contribution in [0.15, 0.2) is 66.7 Å². The molecule has 46 heavy (non-hydrogen) atoms. The van der Waals surface area contributed by atoms with Gasteiger partial charge in [-0.2, -0.15) is 0 Å². The van der Waals surface area contributed by atoms with Gasteiger partial charge in [0.05, 0.1) is 23.4 Å². The van der Waals surface area contributed by atoms with E-state index in [1.807, 2.05) is 96.1 Å². The van der Waals surface area contributed by atoms with Gasteiger partial charge in [-0.15, -0.1) is 0 Å². The Labute approximate surface area is 272 Å². The standard InChI is InChI=1S/C39H44NO6/c1-25-32-19-18-31(45-37(42)39(5,6)7)23-33(32)46-35(34(25)27-10-16-30(17-11-27)44-36(41)38(2,3)4)28-12-14-29(15-13-28)43-22-20-26-9-8-21-40-24-26/h10-19,23,26,35H,8-9,20-22H2,1-7H3/q+1. The number of rotatable bonds is 8. The Morgan fingerprint density at radius 3 is 2.07 bits per heavy atom. The molecule has 240 valence electrons. The molecule has 7 nitrogen and oxygen atoms in total. The Bertz CT molecular complexity index is 1680. The first-order valence-electron chi connectivity index (χ1n) is 16.0. The zero-order chi connectivity index (χ0) is 33.1. The highest BCUT2D eigenvalue weighted by molar-refractivity contribution is 5.96. The summed E-state index contributed by atoms with van der Waals surface area (Å²) in [6.45, 7) is 14.5. The zero-order valence-electron chi connectivity index (χ0n) is 27.9. The maximum absolute atomic E-state index is 12.6. The number of allylic oxidation sites excluding steroid dienone is 1. The third-order valence-corrected chi connectivity index (χ3v) is 8.09. The van der Waals surface area contributed by atoms with E-state index in [2.05, 4.69) is 17.8 Å². The Morgan fingerprint density at radius 1 is 0.848 bits per heavy atom. The molecule has 2 unspecified atom stereocenters. The molecule has 2 aliphatic rings. The molecule has 0 spiro atoms. The van der Waals surface area contributed by atoms with E-state index in [4.69, 9.17) is 18.9 Å². The van der Waals surface area contributed by atoms with Crippen LogP contribution in [-0.2, 0) is 9.59 Å². The number of ether oxygens (including phenoxy) is 4. The van der Waals surface area contributed by atoms with Crippen molar-refractivity contribution in [2.75, 3.05) is 13.2 Å². The van der Waals surface area contributed by atoms with E-state index >= 15 is 0 Å². The van der Waals surface area contributed by atoms with Gasteiger partial charge in [0.15, 0.2) is 0 Å². The van der Waals surface area contributed by atoms with E-state index < -0.39 is 16.9 Å². The van der Waals surface area contributed by atoms with Gasteiger partial charge in [0.25, 0.3) is 12.6 Å². The van der Waals surface area contributed by atoms with Crippen LogP contribution in [0.3, 0.4) is 0 Å². The first-order chi connectivity index (χ1) is 21.8. The number of nitrogens with zero attached hydrogens (tertiary/aromatic N) is 1. The van der Waals surface area contributed by atoms with Gasteiger partial charge in [-0.05, 0) is 108 Å². The molecule has 0 N–H and O–H groups in total. The highest BCUT2D eigenvalue weighted by atomic mass is 16.5. The van der Waals surface area contributed by atoms with Crippen molar-refractivity contribution in [3.8, 4) is 29.1 Å². The Morgan fingerprint density at radius 2 is 1.46 bits per heavy atom. The quantitative estimate of drug-likeness (QED) is 0.184. The lowest BCUT2D eigenvalue weighted by molar-refractivity contribution is -0.143. The summed E-state index contributed by atoms with van der Waals surface area (Å²) in [6.07, 6.45) is 2.66. The number of hydrogen-bond donors (Lipinski definition) is 0. The van der Waals surface area contributed by atoms with Crippen molar-refractivity contribution in [1.82, 2.24) is 0 Å². The summed E-state index contributed by atoms with van der Waals surface area (Å²) in [5.74, 6) is 2.09. The van der Waals surface area contributed by atoms with Gasteiger partial charge < -0.3 is 18.9 Å². The van der Waals surface area contributed by atoms with Crippen LogP contribution in [-0.4, -0.2) is 25.1 Å². The minimum absolute atomic E-state index is 0.293. The van der Waals surface area contributed by atoms with Gasteiger partial charge in [0, 0.05) is 30.0 Å². The van der Waals surface area contributed by atoms with Crippen LogP contribution in [0.1, 0.15) is 90.5 Å². The number of benzene rings is 3. The fraction of sp³-hybridized carbons (Fsp3) is 0.410. The minimum atomic E-state index is -0.637. The molecule has 3 aromatic carbocycles. The maximum atomic E-state index is 12.6. The van der Waals surface area contributed by atoms with Gasteiger partial charge in [0.2, 0.25) is 0 Å². The van der Waals surface area contributed by atoms with E-state index in [1.165, 1.54) is 0 Å². The topological polar surface area (TPSA) is 75.4 Å². The third-order valence-electron chi connectivity index (χ3n) is 8.09. The highest BCUT2D eigenvalue weighted by Gasteiger charge is 2.31. The molecule has 3 aromatic rings. The summed E-state index contributed by atoms with van der Waals surface area (Å²) in [5.41, 5.74) is 3.57. The van der Waals surface area contributed by atoms with Crippen molar-refractivity contribution in [1.29, 1.82) is 0 Å². The largest absolute Gasteiger partial charge is 0.494 e. The van der Waals surface area contributed by atoms with Crippen molar-refractivity contribution in [3.63, 3.8) is 0 Å². The van der Waals surface area contributed by atoms with Crippen LogP contribution >= 0.6 is 0 Å². The minimum Gasteiger partial charge on any atom is -0.494 e. The molecule has 0 aromatic heterocycles. The fourth-order valence-electron chi connectivity index (χ4n) is 5.27. The average Bonchev–Trinajstić information content (AvgIpc) is 3.01. The second-order valence-corrected chi connectivity index (χ2v) is 14.1. The second-order valence-electron chi connectivity index (χ2n) is 14.1. The third kappa shape index (κ3) is 7.80. The lowest BCUT2D eigenvalue weighted by Crippen LogP contribution is -2.25. The van der Waals surface area contributed by atoms with Gasteiger partial charge in [-0.25, -0.2) is 0 Å². The van der Waals surface area contributed by atoms with E-state index in [-0.39, 0.29) is 11.9 Å². The molecular weight excluding hydrogens is 578 g/mol. The Hall–Kier alpha value is -4.57. The molecule has 0 saturated heterocycles. The van der Waals surface area contributed by atoms with Gasteiger partial charge in [-0.3, -0.25) is 9.59 Å². The van der Waals surface area contributed by atoms with Crippen molar-refractivity contribution in [3.05, 3.63) is 88.3 Å². The number of hydrogen-bond acceptors (Lipinski definition) is 6. The summed E-state index contributed by atoms with van der Waals surface area (Å²) in [7, 11) is 0. The van der Waals surface area contributed by atoms with Crippen LogP contribution in [0, 0.1) is 22.8 Å². The van der Waals surface area contributed by atoms with E-state index in [9.17, 15) is 9.59 Å². The molecule has 2 heterocycles. The smallest absolute Gasteiger partial charge is 0.316 e. The summed E-state index contributed by atoms with van der Waals surface area (Å²) < 4.78 is 24.1. The predicted octanol–water partition coefficient (Wildman–Crippen LogP) is 9.17. The molecule has 0 bridgehead atoms. The molecular formula is C39H44NO6+. The van der Waals surface area contributed by atoms with Gasteiger partial charge in [0.1, 0.15) is 29.1 Å². The second kappa shape index (κ2) is 13.4. The predicted molar refractivity (Wildman–Crippen MR) is 180 cm³/mol. The molecule has 0 amide bonds. The van der Waals surface area contributed by atoms with Crippen molar-refractivity contribution in [2.24, 2.45) is 16.7 Å². The molecule has 7 heteroatoms. The Balaban J connectivity index is 1.44. The van der Waals surface area contributed by atoms with E-state index in [1.54, 1.807) is 12.1 Å². The average molecular weight is 623 g/mol. The summed E-state index contributed by atoms with van der Waals surface area (Å²) in [4.78, 5) is 29.4. The first-order valence-corrected chi connectivity index (χ1v) is 16.0. The van der Waals surface area contributed by atoms with Gasteiger partial charge in [-0.1, -0.05) is 29.1 Å². The van der Waals surface area contributed by atoms with Crippen LogP contribution in [0.25, 0.3) is 16.0 Å². The van der Waals surface area contributed by atoms with Crippen LogP contribution in [0.2, 0.25) is 0 Å². The van der Waals surface area contributed by atoms with E-state index in [0.717, 1.165) is 59.4 Å². The number of carbonyl (C=O) groups excluding carboxylic acids is 2. The Kier molecular flexibility index (Phi) is 9.58. The van der Waals surface area contributed by atoms with Crippen molar-refractivity contribution in [2.45, 2.75) is 73.8 Å². The van der Waals surface area contributed by atoms with E-state index in [0.29, 0.717) is 29.8 Å². The number of esters is 2. The molecule has 0 aliphatic carbocycles. The van der Waals surface area contributed by atoms with Crippen LogP contribution in [0.5, 0.6) is 23.0 Å². The lowest BCUT2D eigenvalue weighted by atomic mass is 9.86. The molecule has 0 fully saturated rings. The fourth-order valence-corrected chi connectivity index (χ4v) is 5.27. The summed E-state index contributed by atoms with van der Waals surface area (Å²) in [6, 6.07) is 24.2. The SMILES string of the molecule is CC1=C(c2ccc(OC(=O)C(C)(C)C)cc2)C(c2ccc(OCCC3C#[N+]CCC3)cc2)Oc2cc(OC(=O)C(C)(C)C)ccc21. The maximum Gasteiger partial charge on any atom is 0.316 e. The van der Waals surface area contributed by atoms with Crippen LogP contribution < -0.4 is 18.9 Å². The normalized spacial score (nSPS) is 17.6. The summed E-state index contributed by atoms with van der Waals surface area (Å²) >= 11 is 0. The van der Waals surface area contributed by atoms with Crippen molar-refractivity contribution < 1.29 is 28.5 Å². The highest BCUT2D eigenvalue weighted by Crippen LogP contribution is 2.48. The number of carbonyl (C=O) groups is 2. The zero-order valence-corrected chi connectivity index (χ0v) is 27.9. The van der Waals surface area contributed by atoms with Crippen LogP contribution in [0.4, 0.5) is 0 Å². The lowest BCUT2D eigenvalue weighted by Gasteiger charge is -2.31. The molecule has 2 aliphatic heterocycles. The molecule has 0 saturated carbocycles. The van der Waals surface area contributed by atoms with Crippen molar-refractivity contribution >= 4 is 23.1 Å². The first kappa shape index (κ1) is 32.8. The van der Waals surface area contributed by atoms with Gasteiger partial charge >= 0.3 is 11.9 Å². The molecule has 5 rings (SSSR count). The monoisotopic (exact) mass is 622 g/mol. The summed E-state index contributed by atoms with van der Waals surface area (Å²) in [5, 5.41) is 0. The molecule has 2 atom stereocenters.